The van der Waals surface area contributed by atoms with E-state index in [0.717, 1.165) is 19.3 Å². The molecule has 0 aromatic carbocycles. The van der Waals surface area contributed by atoms with E-state index in [9.17, 15) is 10.2 Å². The summed E-state index contributed by atoms with van der Waals surface area (Å²) in [7, 11) is 0. The second-order valence-electron chi connectivity index (χ2n) is 12.1. The summed E-state index contributed by atoms with van der Waals surface area (Å²) in [6, 6.07) is 0. The molecule has 30 heavy (non-hydrogen) atoms. The predicted molar refractivity (Wildman–Crippen MR) is 125 cm³/mol. The third kappa shape index (κ3) is 3.47. The fourth-order valence-corrected chi connectivity index (χ4v) is 7.56. The van der Waals surface area contributed by atoms with E-state index in [4.69, 9.17) is 0 Å². The molecule has 3 fully saturated rings. The topological polar surface area (TPSA) is 40.5 Å². The Morgan fingerprint density at radius 2 is 1.77 bits per heavy atom. The number of rotatable bonds is 4. The average Bonchev–Trinajstić information content (AvgIpc) is 3.04. The van der Waals surface area contributed by atoms with Crippen molar-refractivity contribution in [3.8, 4) is 0 Å². The molecule has 0 heterocycles. The molecule has 3 saturated carbocycles. The van der Waals surface area contributed by atoms with Gasteiger partial charge >= 0.3 is 0 Å². The van der Waals surface area contributed by atoms with Gasteiger partial charge in [-0.2, -0.15) is 0 Å². The van der Waals surface area contributed by atoms with Crippen molar-refractivity contribution in [3.05, 3.63) is 35.5 Å². The molecule has 168 valence electrons. The lowest BCUT2D eigenvalue weighted by Crippen LogP contribution is -2.46. The lowest BCUT2D eigenvalue weighted by atomic mass is 9.50. The largest absolute Gasteiger partial charge is 0.393 e. The molecule has 1 unspecified atom stereocenters. The molecule has 0 radical (unpaired) electrons. The van der Waals surface area contributed by atoms with Crippen molar-refractivity contribution in [1.29, 1.82) is 0 Å². The van der Waals surface area contributed by atoms with Crippen LogP contribution in [0.2, 0.25) is 0 Å². The van der Waals surface area contributed by atoms with Gasteiger partial charge in [-0.25, -0.2) is 0 Å². The van der Waals surface area contributed by atoms with Gasteiger partial charge in [0.25, 0.3) is 0 Å². The lowest BCUT2D eigenvalue weighted by Gasteiger charge is -2.55. The molecule has 0 aromatic heterocycles. The van der Waals surface area contributed by atoms with Crippen molar-refractivity contribution < 1.29 is 10.2 Å². The average molecular weight is 413 g/mol. The maximum atomic E-state index is 10.7. The van der Waals surface area contributed by atoms with Crippen LogP contribution >= 0.6 is 0 Å². The van der Waals surface area contributed by atoms with Crippen molar-refractivity contribution in [1.82, 2.24) is 0 Å². The molecule has 2 N–H and O–H groups in total. The van der Waals surface area contributed by atoms with Gasteiger partial charge in [0, 0.05) is 0 Å². The van der Waals surface area contributed by atoms with Crippen molar-refractivity contribution in [2.75, 3.05) is 0 Å². The Balaban J connectivity index is 1.57. The first-order valence-corrected chi connectivity index (χ1v) is 12.5. The summed E-state index contributed by atoms with van der Waals surface area (Å²) in [4.78, 5) is 0. The Kier molecular flexibility index (Phi) is 5.68. The van der Waals surface area contributed by atoms with Crippen LogP contribution in [-0.2, 0) is 0 Å². The molecule has 4 rings (SSSR count). The van der Waals surface area contributed by atoms with Crippen molar-refractivity contribution in [3.63, 3.8) is 0 Å². The van der Waals surface area contributed by atoms with Crippen LogP contribution in [0.5, 0.6) is 0 Å². The predicted octanol–water partition coefficient (Wildman–Crippen LogP) is 6.45. The van der Waals surface area contributed by atoms with E-state index < -0.39 is 5.60 Å². The first kappa shape index (κ1) is 22.3. The van der Waals surface area contributed by atoms with Crippen molar-refractivity contribution >= 4 is 0 Å². The summed E-state index contributed by atoms with van der Waals surface area (Å²) in [5.41, 5.74) is 3.13. The van der Waals surface area contributed by atoms with Crippen LogP contribution in [0.25, 0.3) is 0 Å². The summed E-state index contributed by atoms with van der Waals surface area (Å²) in [5.74, 6) is 2.79. The van der Waals surface area contributed by atoms with Gasteiger partial charge in [-0.3, -0.25) is 0 Å². The van der Waals surface area contributed by atoms with Crippen LogP contribution in [-0.4, -0.2) is 21.9 Å². The highest BCUT2D eigenvalue weighted by atomic mass is 16.3. The van der Waals surface area contributed by atoms with E-state index in [-0.39, 0.29) is 17.4 Å². The first-order chi connectivity index (χ1) is 14.0. The molecule has 0 saturated heterocycles. The monoisotopic (exact) mass is 412 g/mol. The molecule has 4 aliphatic rings. The Morgan fingerprint density at radius 3 is 2.47 bits per heavy atom. The highest BCUT2D eigenvalue weighted by Gasteiger charge is 2.56. The third-order valence-corrected chi connectivity index (χ3v) is 10.2. The molecule has 0 amide bonds. The minimum atomic E-state index is -0.724. The molecule has 0 spiro atoms. The molecule has 8 atom stereocenters. The number of fused-ring (bicyclic) bond motifs is 5. The Hall–Kier alpha value is -0.860. The summed E-state index contributed by atoms with van der Waals surface area (Å²) < 4.78 is 0. The molecule has 0 aromatic rings. The molecule has 2 nitrogen and oxygen atoms in total. The van der Waals surface area contributed by atoms with Crippen LogP contribution in [0.15, 0.2) is 35.5 Å². The first-order valence-electron chi connectivity index (χ1n) is 12.5. The third-order valence-electron chi connectivity index (χ3n) is 10.2. The van der Waals surface area contributed by atoms with E-state index >= 15 is 0 Å². The summed E-state index contributed by atoms with van der Waals surface area (Å²) in [6.45, 7) is 13.5. The number of allylic oxidation sites excluding steroid dienone is 4. The van der Waals surface area contributed by atoms with E-state index in [1.165, 1.54) is 31.3 Å². The number of aliphatic hydroxyl groups is 2. The minimum absolute atomic E-state index is 0.139. The van der Waals surface area contributed by atoms with Crippen LogP contribution in [0.1, 0.15) is 86.5 Å². The fourth-order valence-electron chi connectivity index (χ4n) is 7.56. The molecule has 2 heteroatoms. The van der Waals surface area contributed by atoms with E-state index in [2.05, 4.69) is 58.9 Å². The number of hydrogen-bond donors (Lipinski definition) is 2. The van der Waals surface area contributed by atoms with Crippen LogP contribution < -0.4 is 0 Å². The van der Waals surface area contributed by atoms with Gasteiger partial charge in [0.2, 0.25) is 0 Å². The van der Waals surface area contributed by atoms with Gasteiger partial charge < -0.3 is 10.2 Å². The molecular formula is C28H44O2. The maximum absolute atomic E-state index is 10.7. The highest BCUT2D eigenvalue weighted by molar-refractivity contribution is 5.39. The van der Waals surface area contributed by atoms with Crippen LogP contribution in [0.4, 0.5) is 0 Å². The van der Waals surface area contributed by atoms with Gasteiger partial charge in [-0.05, 0) is 92.3 Å². The standard InChI is InChI=1S/C28H44O2/c1-18(2)28(6,30)16-11-19(3)23-9-10-24-22-8-7-20-17-21(29)12-14-26(20,4)25(22)13-15-27(23,24)5/h7-8,11,16,18-19,21,23-25,29-30H,9-10,12-15,17H2,1-6H3/t19-,21?,23-,24+,25+,26+,27-,28-/m1/s1. The Labute approximate surface area is 184 Å². The number of hydrogen-bond acceptors (Lipinski definition) is 2. The fraction of sp³-hybridized carbons (Fsp3) is 0.786. The zero-order valence-electron chi connectivity index (χ0n) is 20.1. The van der Waals surface area contributed by atoms with Crippen LogP contribution in [0, 0.1) is 40.4 Å². The molecular weight excluding hydrogens is 368 g/mol. The zero-order chi connectivity index (χ0) is 21.9. The summed E-state index contributed by atoms with van der Waals surface area (Å²) in [6.07, 6.45) is 17.3. The van der Waals surface area contributed by atoms with Gasteiger partial charge in [-0.15, -0.1) is 0 Å². The lowest BCUT2D eigenvalue weighted by molar-refractivity contribution is 0.0373. The molecule has 0 aliphatic heterocycles. The molecule has 4 aliphatic carbocycles. The second-order valence-corrected chi connectivity index (χ2v) is 12.1. The second kappa shape index (κ2) is 7.62. The smallest absolute Gasteiger partial charge is 0.0822 e. The Morgan fingerprint density at radius 1 is 1.03 bits per heavy atom. The quantitative estimate of drug-likeness (QED) is 0.521. The van der Waals surface area contributed by atoms with Crippen molar-refractivity contribution in [2.45, 2.75) is 98.2 Å². The normalized spacial score (nSPS) is 44.0. The van der Waals surface area contributed by atoms with E-state index in [1.54, 1.807) is 5.57 Å². The highest BCUT2D eigenvalue weighted by Crippen LogP contribution is 2.66. The van der Waals surface area contributed by atoms with Crippen LogP contribution in [0.3, 0.4) is 0 Å². The summed E-state index contributed by atoms with van der Waals surface area (Å²) >= 11 is 0. The van der Waals surface area contributed by atoms with Gasteiger partial charge in [0.1, 0.15) is 0 Å². The van der Waals surface area contributed by atoms with E-state index in [1.807, 2.05) is 6.92 Å². The SMILES string of the molecule is CC(C)[C@](C)(O)C=C[C@@H](C)[C@H]1CC[C@H]2C3=CC=C4CC(O)CC[C@]4(C)[C@H]3CC[C@]12C. The minimum Gasteiger partial charge on any atom is -0.393 e. The Bertz CT molecular complexity index is 757. The molecule has 0 bridgehead atoms. The summed E-state index contributed by atoms with van der Waals surface area (Å²) in [5, 5.41) is 20.9. The number of aliphatic hydroxyl groups excluding tert-OH is 1. The van der Waals surface area contributed by atoms with Gasteiger partial charge in [0.15, 0.2) is 0 Å². The van der Waals surface area contributed by atoms with Gasteiger partial charge in [-0.1, -0.05) is 70.1 Å². The van der Waals surface area contributed by atoms with Crippen molar-refractivity contribution in [2.24, 2.45) is 40.4 Å². The maximum Gasteiger partial charge on any atom is 0.0822 e. The van der Waals surface area contributed by atoms with E-state index in [0.29, 0.717) is 29.1 Å². The van der Waals surface area contributed by atoms with Gasteiger partial charge in [0.05, 0.1) is 11.7 Å². The zero-order valence-corrected chi connectivity index (χ0v) is 20.1.